The SMILES string of the molecule is CCCNS(=O)(=O)NC1(C(N)=NO)CCCCCCC1. The first kappa shape index (κ1) is 17.2. The molecule has 1 saturated carbocycles. The van der Waals surface area contributed by atoms with Crippen LogP contribution in [0.5, 0.6) is 0 Å². The van der Waals surface area contributed by atoms with Crippen LogP contribution in [-0.4, -0.2) is 31.5 Å². The van der Waals surface area contributed by atoms with Crippen LogP contribution in [-0.2, 0) is 10.2 Å². The maximum atomic E-state index is 12.1. The van der Waals surface area contributed by atoms with Crippen molar-refractivity contribution in [3.05, 3.63) is 0 Å². The summed E-state index contributed by atoms with van der Waals surface area (Å²) in [5.41, 5.74) is 4.81. The van der Waals surface area contributed by atoms with Crippen LogP contribution in [0.15, 0.2) is 5.16 Å². The van der Waals surface area contributed by atoms with E-state index in [-0.39, 0.29) is 5.84 Å². The number of rotatable bonds is 6. The average Bonchev–Trinajstić information content (AvgIpc) is 2.38. The highest BCUT2D eigenvalue weighted by molar-refractivity contribution is 7.87. The number of hydrogen-bond donors (Lipinski definition) is 4. The Morgan fingerprint density at radius 3 is 2.30 bits per heavy atom. The molecule has 1 rings (SSSR count). The van der Waals surface area contributed by atoms with Gasteiger partial charge in [0, 0.05) is 6.54 Å². The molecule has 0 unspecified atom stereocenters. The minimum Gasteiger partial charge on any atom is -0.409 e. The molecular weight excluding hydrogens is 280 g/mol. The molecule has 5 N–H and O–H groups in total. The molecule has 0 bridgehead atoms. The van der Waals surface area contributed by atoms with Crippen molar-refractivity contribution in [2.45, 2.75) is 63.8 Å². The van der Waals surface area contributed by atoms with Gasteiger partial charge in [-0.05, 0) is 19.3 Å². The molecule has 0 atom stereocenters. The van der Waals surface area contributed by atoms with E-state index in [1.807, 2.05) is 6.92 Å². The number of oxime groups is 1. The fourth-order valence-corrected chi connectivity index (χ4v) is 3.91. The summed E-state index contributed by atoms with van der Waals surface area (Å²) in [5.74, 6) is -0.0544. The summed E-state index contributed by atoms with van der Waals surface area (Å²) < 4.78 is 29.2. The highest BCUT2D eigenvalue weighted by Gasteiger charge is 2.38. The summed E-state index contributed by atoms with van der Waals surface area (Å²) in [4.78, 5) is 0. The third-order valence-electron chi connectivity index (χ3n) is 3.68. The maximum absolute atomic E-state index is 12.1. The number of amidine groups is 1. The zero-order valence-electron chi connectivity index (χ0n) is 12.1. The number of nitrogens with two attached hydrogens (primary N) is 1. The van der Waals surface area contributed by atoms with Gasteiger partial charge in [0.15, 0.2) is 5.84 Å². The van der Waals surface area contributed by atoms with E-state index in [4.69, 9.17) is 10.9 Å². The van der Waals surface area contributed by atoms with Gasteiger partial charge in [0.05, 0.1) is 5.54 Å². The first-order chi connectivity index (χ1) is 9.46. The fraction of sp³-hybridized carbons (Fsp3) is 0.917. The molecule has 7 nitrogen and oxygen atoms in total. The van der Waals surface area contributed by atoms with E-state index in [0.29, 0.717) is 25.8 Å². The molecule has 8 heteroatoms. The zero-order valence-corrected chi connectivity index (χ0v) is 12.9. The first-order valence-corrected chi connectivity index (χ1v) is 8.70. The number of nitrogens with one attached hydrogen (secondary N) is 2. The Morgan fingerprint density at radius 2 is 1.80 bits per heavy atom. The van der Waals surface area contributed by atoms with E-state index >= 15 is 0 Å². The fourth-order valence-electron chi connectivity index (χ4n) is 2.54. The van der Waals surface area contributed by atoms with Crippen LogP contribution < -0.4 is 15.2 Å². The molecule has 20 heavy (non-hydrogen) atoms. The Balaban J connectivity index is 2.92. The average molecular weight is 306 g/mol. The van der Waals surface area contributed by atoms with E-state index in [1.165, 1.54) is 0 Å². The summed E-state index contributed by atoms with van der Waals surface area (Å²) in [6.07, 6.45) is 6.73. The first-order valence-electron chi connectivity index (χ1n) is 7.22. The van der Waals surface area contributed by atoms with Gasteiger partial charge in [0.2, 0.25) is 0 Å². The lowest BCUT2D eigenvalue weighted by Gasteiger charge is -2.34. The Labute approximate surface area is 121 Å². The topological polar surface area (TPSA) is 117 Å². The van der Waals surface area contributed by atoms with Crippen molar-refractivity contribution in [3.63, 3.8) is 0 Å². The van der Waals surface area contributed by atoms with Crippen LogP contribution in [0.1, 0.15) is 58.3 Å². The monoisotopic (exact) mass is 306 g/mol. The van der Waals surface area contributed by atoms with Gasteiger partial charge in [-0.15, -0.1) is 0 Å². The largest absolute Gasteiger partial charge is 0.409 e. The Hall–Kier alpha value is -0.860. The molecule has 1 aliphatic carbocycles. The van der Waals surface area contributed by atoms with E-state index in [9.17, 15) is 8.42 Å². The quantitative estimate of drug-likeness (QED) is 0.254. The van der Waals surface area contributed by atoms with Gasteiger partial charge in [-0.3, -0.25) is 0 Å². The highest BCUT2D eigenvalue weighted by atomic mass is 32.2. The summed E-state index contributed by atoms with van der Waals surface area (Å²) >= 11 is 0. The van der Waals surface area contributed by atoms with Crippen LogP contribution in [0, 0.1) is 0 Å². The smallest absolute Gasteiger partial charge is 0.277 e. The second-order valence-electron chi connectivity index (χ2n) is 5.33. The van der Waals surface area contributed by atoms with Crippen molar-refractivity contribution in [3.8, 4) is 0 Å². The predicted octanol–water partition coefficient (Wildman–Crippen LogP) is 1.05. The molecule has 1 aliphatic rings. The minimum atomic E-state index is -3.66. The third kappa shape index (κ3) is 4.92. The van der Waals surface area contributed by atoms with Crippen LogP contribution in [0.25, 0.3) is 0 Å². The Morgan fingerprint density at radius 1 is 1.25 bits per heavy atom. The van der Waals surface area contributed by atoms with Gasteiger partial charge in [-0.1, -0.05) is 44.2 Å². The molecule has 1 fully saturated rings. The Bertz CT molecular complexity index is 414. The highest BCUT2D eigenvalue weighted by Crippen LogP contribution is 2.27. The van der Waals surface area contributed by atoms with Gasteiger partial charge in [-0.2, -0.15) is 13.1 Å². The summed E-state index contributed by atoms with van der Waals surface area (Å²) in [7, 11) is -3.66. The van der Waals surface area contributed by atoms with E-state index in [0.717, 1.165) is 32.1 Å². The molecule has 0 amide bonds. The minimum absolute atomic E-state index is 0.0544. The van der Waals surface area contributed by atoms with Crippen LogP contribution >= 0.6 is 0 Å². The van der Waals surface area contributed by atoms with Crippen LogP contribution in [0.3, 0.4) is 0 Å². The van der Waals surface area contributed by atoms with Crippen molar-refractivity contribution in [2.75, 3.05) is 6.54 Å². The second kappa shape index (κ2) is 7.80. The zero-order chi connectivity index (χ0) is 15.1. The van der Waals surface area contributed by atoms with E-state index in [2.05, 4.69) is 14.6 Å². The molecule has 0 aromatic carbocycles. The molecule has 0 spiro atoms. The van der Waals surface area contributed by atoms with Gasteiger partial charge < -0.3 is 10.9 Å². The van der Waals surface area contributed by atoms with Crippen molar-refractivity contribution in [1.29, 1.82) is 0 Å². The molecule has 0 saturated heterocycles. The van der Waals surface area contributed by atoms with Crippen molar-refractivity contribution < 1.29 is 13.6 Å². The lowest BCUT2D eigenvalue weighted by Crippen LogP contribution is -2.60. The van der Waals surface area contributed by atoms with Crippen molar-refractivity contribution in [2.24, 2.45) is 10.9 Å². The molecule has 118 valence electrons. The number of hydrogen-bond acceptors (Lipinski definition) is 4. The summed E-state index contributed by atoms with van der Waals surface area (Å²) in [5, 5.41) is 12.1. The number of nitrogens with zero attached hydrogens (tertiary/aromatic N) is 1. The molecule has 0 aromatic rings. The molecular formula is C12H26N4O3S. The lowest BCUT2D eigenvalue weighted by atomic mass is 9.84. The van der Waals surface area contributed by atoms with Gasteiger partial charge in [0.25, 0.3) is 10.2 Å². The van der Waals surface area contributed by atoms with E-state index in [1.54, 1.807) is 0 Å². The summed E-state index contributed by atoms with van der Waals surface area (Å²) in [6.45, 7) is 2.25. The predicted molar refractivity (Wildman–Crippen MR) is 78.8 cm³/mol. The maximum Gasteiger partial charge on any atom is 0.277 e. The van der Waals surface area contributed by atoms with Gasteiger partial charge in [-0.25, -0.2) is 4.72 Å². The van der Waals surface area contributed by atoms with E-state index < -0.39 is 15.7 Å². The lowest BCUT2D eigenvalue weighted by molar-refractivity contribution is 0.299. The summed E-state index contributed by atoms with van der Waals surface area (Å²) in [6, 6.07) is 0. The molecule has 0 heterocycles. The third-order valence-corrected chi connectivity index (χ3v) is 4.92. The van der Waals surface area contributed by atoms with Gasteiger partial charge >= 0.3 is 0 Å². The molecule has 0 radical (unpaired) electrons. The van der Waals surface area contributed by atoms with Crippen LogP contribution in [0.4, 0.5) is 0 Å². The molecule has 0 aliphatic heterocycles. The standard InChI is InChI=1S/C12H26N4O3S/c1-2-10-14-20(18,19)16-12(11(13)15-17)8-6-4-3-5-7-9-12/h14,16-17H,2-10H2,1H3,(H2,13,15). The van der Waals surface area contributed by atoms with Crippen molar-refractivity contribution >= 4 is 16.0 Å². The normalized spacial score (nSPS) is 21.1. The van der Waals surface area contributed by atoms with Gasteiger partial charge in [0.1, 0.15) is 0 Å². The second-order valence-corrected chi connectivity index (χ2v) is 6.83. The molecule has 0 aromatic heterocycles. The van der Waals surface area contributed by atoms with Crippen LogP contribution in [0.2, 0.25) is 0 Å². The van der Waals surface area contributed by atoms with Crippen molar-refractivity contribution in [1.82, 2.24) is 9.44 Å². The Kier molecular flexibility index (Phi) is 6.70.